The van der Waals surface area contributed by atoms with Gasteiger partial charge in [-0.3, -0.25) is 9.69 Å². The summed E-state index contributed by atoms with van der Waals surface area (Å²) in [5.74, 6) is -0.290. The fourth-order valence-electron chi connectivity index (χ4n) is 2.76. The first-order valence-electron chi connectivity index (χ1n) is 7.07. The molecule has 0 aliphatic carbocycles. The first-order valence-corrected chi connectivity index (χ1v) is 7.07. The molecule has 6 heteroatoms. The molecule has 2 N–H and O–H groups in total. The molecule has 0 aromatic heterocycles. The van der Waals surface area contributed by atoms with Gasteiger partial charge in [-0.2, -0.15) is 13.2 Å². The maximum absolute atomic E-state index is 12.4. The Balaban J connectivity index is 1.82. The van der Waals surface area contributed by atoms with Crippen molar-refractivity contribution in [2.45, 2.75) is 37.9 Å². The molecule has 116 valence electrons. The van der Waals surface area contributed by atoms with Gasteiger partial charge in [0.05, 0.1) is 11.6 Å². The first kappa shape index (κ1) is 15.8. The van der Waals surface area contributed by atoms with E-state index < -0.39 is 11.7 Å². The molecule has 1 atom stereocenters. The molecular formula is C15H19F3N2O. The lowest BCUT2D eigenvalue weighted by molar-refractivity contribution is -0.137. The predicted molar refractivity (Wildman–Crippen MR) is 73.6 cm³/mol. The summed E-state index contributed by atoms with van der Waals surface area (Å²) in [6, 6.07) is 5.06. The van der Waals surface area contributed by atoms with Gasteiger partial charge in [0.1, 0.15) is 0 Å². The number of amides is 1. The number of likely N-dealkylation sites (tertiary alicyclic amines) is 1. The van der Waals surface area contributed by atoms with Gasteiger partial charge < -0.3 is 5.73 Å². The minimum absolute atomic E-state index is 0.183. The molecule has 1 fully saturated rings. The number of benzene rings is 1. The van der Waals surface area contributed by atoms with Gasteiger partial charge in [0.25, 0.3) is 0 Å². The van der Waals surface area contributed by atoms with Crippen molar-refractivity contribution in [2.75, 3.05) is 13.1 Å². The van der Waals surface area contributed by atoms with Gasteiger partial charge in [-0.15, -0.1) is 0 Å². The molecule has 1 aliphatic rings. The minimum Gasteiger partial charge on any atom is -0.368 e. The maximum Gasteiger partial charge on any atom is 0.416 e. The second kappa shape index (κ2) is 6.47. The molecule has 21 heavy (non-hydrogen) atoms. The quantitative estimate of drug-likeness (QED) is 0.908. The van der Waals surface area contributed by atoms with E-state index in [0.29, 0.717) is 6.42 Å². The molecule has 1 aromatic carbocycles. The molecule has 3 nitrogen and oxygen atoms in total. The van der Waals surface area contributed by atoms with Crippen LogP contribution in [0, 0.1) is 0 Å². The summed E-state index contributed by atoms with van der Waals surface area (Å²) in [7, 11) is 0. The summed E-state index contributed by atoms with van der Waals surface area (Å²) in [6.07, 6.45) is -1.03. The molecule has 0 radical (unpaired) electrons. The van der Waals surface area contributed by atoms with Crippen molar-refractivity contribution in [1.29, 1.82) is 0 Å². The smallest absolute Gasteiger partial charge is 0.368 e. The van der Waals surface area contributed by atoms with Crippen LogP contribution in [0.2, 0.25) is 0 Å². The van der Waals surface area contributed by atoms with E-state index in [-0.39, 0.29) is 11.9 Å². The summed E-state index contributed by atoms with van der Waals surface area (Å²) >= 11 is 0. The molecule has 0 bridgehead atoms. The minimum atomic E-state index is -4.29. The Bertz CT molecular complexity index is 485. The molecular weight excluding hydrogens is 281 g/mol. The fraction of sp³-hybridized carbons (Fsp3) is 0.533. The summed E-state index contributed by atoms with van der Waals surface area (Å²) in [5, 5.41) is 0. The van der Waals surface area contributed by atoms with Crippen LogP contribution in [0.15, 0.2) is 24.3 Å². The number of alkyl halides is 3. The van der Waals surface area contributed by atoms with E-state index in [9.17, 15) is 18.0 Å². The van der Waals surface area contributed by atoms with Gasteiger partial charge in [0.2, 0.25) is 5.91 Å². The van der Waals surface area contributed by atoms with Crippen LogP contribution >= 0.6 is 0 Å². The zero-order valence-electron chi connectivity index (χ0n) is 11.7. The third kappa shape index (κ3) is 4.20. The fourth-order valence-corrected chi connectivity index (χ4v) is 2.76. The Morgan fingerprint density at radius 2 is 1.95 bits per heavy atom. The second-order valence-electron chi connectivity index (χ2n) is 5.39. The normalized spacial score (nSPS) is 19.9. The zero-order valence-corrected chi connectivity index (χ0v) is 11.7. The number of rotatable bonds is 5. The monoisotopic (exact) mass is 300 g/mol. The van der Waals surface area contributed by atoms with Crippen molar-refractivity contribution in [2.24, 2.45) is 5.73 Å². The van der Waals surface area contributed by atoms with Crippen LogP contribution < -0.4 is 5.73 Å². The van der Waals surface area contributed by atoms with E-state index in [1.165, 1.54) is 12.1 Å². The van der Waals surface area contributed by atoms with Crippen molar-refractivity contribution < 1.29 is 18.0 Å². The van der Waals surface area contributed by atoms with E-state index in [4.69, 9.17) is 5.73 Å². The average molecular weight is 300 g/mol. The van der Waals surface area contributed by atoms with Gasteiger partial charge in [0.15, 0.2) is 0 Å². The molecule has 0 saturated carbocycles. The van der Waals surface area contributed by atoms with Crippen molar-refractivity contribution in [3.63, 3.8) is 0 Å². The molecule has 1 aliphatic heterocycles. The zero-order chi connectivity index (χ0) is 15.5. The van der Waals surface area contributed by atoms with E-state index in [1.54, 1.807) is 0 Å². The Labute approximate surface area is 121 Å². The standard InChI is InChI=1S/C15H19F3N2O/c16-15(17,18)12-7-5-11(6-8-12)3-1-9-20-10-2-4-13(20)14(19)21/h5-8,13H,1-4,9-10H2,(H2,19,21). The van der Waals surface area contributed by atoms with Gasteiger partial charge in [-0.1, -0.05) is 12.1 Å². The number of halogens is 3. The van der Waals surface area contributed by atoms with Crippen LogP contribution in [0.4, 0.5) is 13.2 Å². The highest BCUT2D eigenvalue weighted by Gasteiger charge is 2.30. The second-order valence-corrected chi connectivity index (χ2v) is 5.39. The summed E-state index contributed by atoms with van der Waals surface area (Å²) in [4.78, 5) is 13.3. The third-order valence-electron chi connectivity index (χ3n) is 3.88. The average Bonchev–Trinajstić information content (AvgIpc) is 2.87. The van der Waals surface area contributed by atoms with E-state index >= 15 is 0 Å². The van der Waals surface area contributed by atoms with Gasteiger partial charge >= 0.3 is 6.18 Å². The SMILES string of the molecule is NC(=O)C1CCCN1CCCc1ccc(C(F)(F)F)cc1. The van der Waals surface area contributed by atoms with E-state index in [0.717, 1.165) is 50.0 Å². The Hall–Kier alpha value is -1.56. The molecule has 0 spiro atoms. The molecule has 2 rings (SSSR count). The molecule has 1 heterocycles. The van der Waals surface area contributed by atoms with Gasteiger partial charge in [-0.25, -0.2) is 0 Å². The highest BCUT2D eigenvalue weighted by atomic mass is 19.4. The number of hydrogen-bond donors (Lipinski definition) is 1. The Kier molecular flexibility index (Phi) is 4.88. The number of hydrogen-bond acceptors (Lipinski definition) is 2. The summed E-state index contributed by atoms with van der Waals surface area (Å²) < 4.78 is 37.3. The molecule has 1 saturated heterocycles. The number of nitrogens with two attached hydrogens (primary N) is 1. The number of carbonyl (C=O) groups excluding carboxylic acids is 1. The maximum atomic E-state index is 12.4. The summed E-state index contributed by atoms with van der Waals surface area (Å²) in [6.45, 7) is 1.61. The van der Waals surface area contributed by atoms with Crippen molar-refractivity contribution in [3.8, 4) is 0 Å². The van der Waals surface area contributed by atoms with Crippen LogP contribution in [0.1, 0.15) is 30.4 Å². The van der Waals surface area contributed by atoms with Crippen LogP contribution in [0.5, 0.6) is 0 Å². The lowest BCUT2D eigenvalue weighted by Gasteiger charge is -2.21. The largest absolute Gasteiger partial charge is 0.416 e. The number of nitrogens with zero attached hydrogens (tertiary/aromatic N) is 1. The number of carbonyl (C=O) groups is 1. The third-order valence-corrected chi connectivity index (χ3v) is 3.88. The lowest BCUT2D eigenvalue weighted by atomic mass is 10.1. The molecule has 1 amide bonds. The molecule has 1 aromatic rings. The van der Waals surface area contributed by atoms with Crippen molar-refractivity contribution >= 4 is 5.91 Å². The summed E-state index contributed by atoms with van der Waals surface area (Å²) in [5.41, 5.74) is 5.59. The lowest BCUT2D eigenvalue weighted by Crippen LogP contribution is -2.40. The highest BCUT2D eigenvalue weighted by molar-refractivity contribution is 5.80. The van der Waals surface area contributed by atoms with E-state index in [2.05, 4.69) is 4.90 Å². The van der Waals surface area contributed by atoms with Crippen LogP contribution in [0.3, 0.4) is 0 Å². The Morgan fingerprint density at radius 1 is 1.29 bits per heavy atom. The van der Waals surface area contributed by atoms with Crippen LogP contribution in [-0.4, -0.2) is 29.9 Å². The van der Waals surface area contributed by atoms with Crippen LogP contribution in [-0.2, 0) is 17.4 Å². The molecule has 1 unspecified atom stereocenters. The number of primary amides is 1. The Morgan fingerprint density at radius 3 is 2.52 bits per heavy atom. The number of aryl methyl sites for hydroxylation is 1. The van der Waals surface area contributed by atoms with Gasteiger partial charge in [0, 0.05) is 0 Å². The van der Waals surface area contributed by atoms with Crippen molar-refractivity contribution in [3.05, 3.63) is 35.4 Å². The van der Waals surface area contributed by atoms with Crippen LogP contribution in [0.25, 0.3) is 0 Å². The van der Waals surface area contributed by atoms with Crippen molar-refractivity contribution in [1.82, 2.24) is 4.90 Å². The first-order chi connectivity index (χ1) is 9.88. The highest BCUT2D eigenvalue weighted by Crippen LogP contribution is 2.29. The predicted octanol–water partition coefficient (Wildman–Crippen LogP) is 2.59. The van der Waals surface area contributed by atoms with Gasteiger partial charge in [-0.05, 0) is 56.5 Å². The topological polar surface area (TPSA) is 46.3 Å². The van der Waals surface area contributed by atoms with E-state index in [1.807, 2.05) is 0 Å².